The molecule has 0 bridgehead atoms. The second kappa shape index (κ2) is 9.64. The van der Waals surface area contributed by atoms with Crippen LogP contribution in [0, 0.1) is 5.82 Å². The van der Waals surface area contributed by atoms with Crippen molar-refractivity contribution < 1.29 is 23.2 Å². The number of carbonyl (C=O) groups excluding carboxylic acids is 2. The molecule has 0 radical (unpaired) electrons. The van der Waals surface area contributed by atoms with Crippen LogP contribution in [0.15, 0.2) is 59.1 Å². The van der Waals surface area contributed by atoms with E-state index in [1.807, 2.05) is 12.1 Å². The lowest BCUT2D eigenvalue weighted by molar-refractivity contribution is -0.121. The van der Waals surface area contributed by atoms with E-state index < -0.39 is 0 Å². The Bertz CT molecular complexity index is 1080. The summed E-state index contributed by atoms with van der Waals surface area (Å²) in [6.45, 7) is 0.606. The highest BCUT2D eigenvalue weighted by Crippen LogP contribution is 2.29. The van der Waals surface area contributed by atoms with E-state index >= 15 is 0 Å². The Kier molecular flexibility index (Phi) is 6.49. The lowest BCUT2D eigenvalue weighted by atomic mass is 10.1. The van der Waals surface area contributed by atoms with Gasteiger partial charge in [-0.2, -0.15) is 0 Å². The Morgan fingerprint density at radius 1 is 1.16 bits per heavy atom. The summed E-state index contributed by atoms with van der Waals surface area (Å²) in [5, 5.41) is 6.75. The Morgan fingerprint density at radius 3 is 2.53 bits per heavy atom. The number of benzene rings is 2. The molecule has 1 fully saturated rings. The number of hydrogen-bond acceptors (Lipinski definition) is 5. The molecule has 1 saturated carbocycles. The smallest absolute Gasteiger partial charge is 0.276 e. The van der Waals surface area contributed by atoms with Crippen LogP contribution < -0.4 is 10.1 Å². The summed E-state index contributed by atoms with van der Waals surface area (Å²) in [7, 11) is 1.59. The van der Waals surface area contributed by atoms with Gasteiger partial charge in [0.25, 0.3) is 5.91 Å². The van der Waals surface area contributed by atoms with Crippen molar-refractivity contribution in [1.29, 1.82) is 0 Å². The average Bonchev–Trinajstić information content (AvgIpc) is 3.53. The van der Waals surface area contributed by atoms with Gasteiger partial charge < -0.3 is 19.5 Å². The minimum atomic E-state index is -0.318. The Balaban J connectivity index is 1.34. The summed E-state index contributed by atoms with van der Waals surface area (Å²) in [5.41, 5.74) is 1.81. The molecule has 1 aliphatic rings. The van der Waals surface area contributed by atoms with Crippen molar-refractivity contribution in [2.24, 2.45) is 0 Å². The van der Waals surface area contributed by atoms with Crippen LogP contribution in [0.2, 0.25) is 0 Å². The first-order valence-corrected chi connectivity index (χ1v) is 10.5. The fraction of sp³-hybridized carbons (Fsp3) is 0.292. The van der Waals surface area contributed by atoms with E-state index in [0.717, 1.165) is 29.7 Å². The van der Waals surface area contributed by atoms with Gasteiger partial charge >= 0.3 is 0 Å². The first kappa shape index (κ1) is 21.5. The molecule has 0 atom stereocenters. The monoisotopic (exact) mass is 437 g/mol. The van der Waals surface area contributed by atoms with E-state index in [1.165, 1.54) is 12.1 Å². The molecule has 32 heavy (non-hydrogen) atoms. The molecular weight excluding hydrogens is 413 g/mol. The van der Waals surface area contributed by atoms with Crippen molar-refractivity contribution in [2.45, 2.75) is 31.8 Å². The molecule has 2 amide bonds. The quantitative estimate of drug-likeness (QED) is 0.550. The average molecular weight is 437 g/mol. The van der Waals surface area contributed by atoms with Crippen LogP contribution in [-0.4, -0.2) is 41.6 Å². The number of rotatable bonds is 9. The summed E-state index contributed by atoms with van der Waals surface area (Å²) in [5.74, 6) is 0.474. The molecule has 0 saturated heterocycles. The molecule has 3 aromatic rings. The van der Waals surface area contributed by atoms with Gasteiger partial charge in [0.15, 0.2) is 11.5 Å². The topological polar surface area (TPSA) is 84.7 Å². The number of amides is 2. The highest BCUT2D eigenvalue weighted by atomic mass is 19.1. The Hall–Kier alpha value is -3.68. The zero-order valence-electron chi connectivity index (χ0n) is 17.7. The van der Waals surface area contributed by atoms with Crippen LogP contribution in [-0.2, 0) is 11.3 Å². The minimum absolute atomic E-state index is 0.119. The van der Waals surface area contributed by atoms with Gasteiger partial charge in [-0.3, -0.25) is 9.59 Å². The van der Waals surface area contributed by atoms with Crippen LogP contribution in [0.5, 0.6) is 5.75 Å². The van der Waals surface area contributed by atoms with Gasteiger partial charge in [-0.1, -0.05) is 17.3 Å². The van der Waals surface area contributed by atoms with Gasteiger partial charge in [0.2, 0.25) is 5.91 Å². The summed E-state index contributed by atoms with van der Waals surface area (Å²) in [6.07, 6.45) is 1.99. The zero-order chi connectivity index (χ0) is 22.5. The van der Waals surface area contributed by atoms with Gasteiger partial charge in [0.05, 0.1) is 7.11 Å². The van der Waals surface area contributed by atoms with Crippen molar-refractivity contribution >= 4 is 11.8 Å². The fourth-order valence-corrected chi connectivity index (χ4v) is 3.36. The molecule has 8 heteroatoms. The van der Waals surface area contributed by atoms with Crippen LogP contribution >= 0.6 is 0 Å². The largest absolute Gasteiger partial charge is 0.497 e. The van der Waals surface area contributed by atoms with Crippen molar-refractivity contribution in [2.75, 3.05) is 13.7 Å². The molecule has 1 aliphatic carbocycles. The van der Waals surface area contributed by atoms with E-state index in [2.05, 4.69) is 10.5 Å². The number of hydrogen-bond donors (Lipinski definition) is 1. The predicted molar refractivity (Wildman–Crippen MR) is 115 cm³/mol. The summed E-state index contributed by atoms with van der Waals surface area (Å²) in [6, 6.07) is 15.0. The maximum Gasteiger partial charge on any atom is 0.276 e. The van der Waals surface area contributed by atoms with Gasteiger partial charge in [-0.25, -0.2) is 4.39 Å². The van der Waals surface area contributed by atoms with Crippen molar-refractivity contribution in [1.82, 2.24) is 15.4 Å². The predicted octanol–water partition coefficient (Wildman–Crippen LogP) is 3.80. The number of halogens is 1. The van der Waals surface area contributed by atoms with E-state index in [4.69, 9.17) is 9.26 Å². The van der Waals surface area contributed by atoms with Gasteiger partial charge in [0.1, 0.15) is 11.6 Å². The summed E-state index contributed by atoms with van der Waals surface area (Å²) >= 11 is 0. The Labute approximate surface area is 185 Å². The molecule has 1 aromatic heterocycles. The number of ether oxygens (including phenoxy) is 1. The minimum Gasteiger partial charge on any atom is -0.497 e. The summed E-state index contributed by atoms with van der Waals surface area (Å²) in [4.78, 5) is 27.0. The SMILES string of the molecule is COc1ccc(-c2cc(C(=O)N(CCC(=O)NCc3ccc(F)cc3)C3CC3)no2)cc1. The van der Waals surface area contributed by atoms with E-state index in [1.54, 1.807) is 42.3 Å². The molecule has 166 valence electrons. The first-order valence-electron chi connectivity index (χ1n) is 10.5. The maximum atomic E-state index is 13.0. The molecule has 1 N–H and O–H groups in total. The molecule has 1 heterocycles. The second-order valence-electron chi connectivity index (χ2n) is 7.69. The molecule has 7 nitrogen and oxygen atoms in total. The van der Waals surface area contributed by atoms with Crippen molar-refractivity contribution in [3.05, 3.63) is 71.7 Å². The van der Waals surface area contributed by atoms with E-state index in [9.17, 15) is 14.0 Å². The molecule has 0 unspecified atom stereocenters. The van der Waals surface area contributed by atoms with Crippen LogP contribution in [0.3, 0.4) is 0 Å². The highest BCUT2D eigenvalue weighted by Gasteiger charge is 2.34. The van der Waals surface area contributed by atoms with Gasteiger partial charge in [-0.15, -0.1) is 0 Å². The summed E-state index contributed by atoms with van der Waals surface area (Å²) < 4.78 is 23.5. The first-order chi connectivity index (χ1) is 15.5. The third-order valence-corrected chi connectivity index (χ3v) is 5.34. The lowest BCUT2D eigenvalue weighted by Gasteiger charge is -2.20. The Morgan fingerprint density at radius 2 is 1.88 bits per heavy atom. The highest BCUT2D eigenvalue weighted by molar-refractivity contribution is 5.94. The number of carbonyl (C=O) groups is 2. The third kappa shape index (κ3) is 5.32. The molecule has 2 aromatic carbocycles. The van der Waals surface area contributed by atoms with Crippen LogP contribution in [0.1, 0.15) is 35.3 Å². The van der Waals surface area contributed by atoms with E-state index in [0.29, 0.717) is 18.8 Å². The fourth-order valence-electron chi connectivity index (χ4n) is 3.36. The number of aromatic nitrogens is 1. The number of nitrogens with one attached hydrogen (secondary N) is 1. The van der Waals surface area contributed by atoms with Gasteiger partial charge in [0, 0.05) is 37.2 Å². The normalized spacial score (nSPS) is 12.9. The van der Waals surface area contributed by atoms with Crippen LogP contribution in [0.4, 0.5) is 4.39 Å². The number of methoxy groups -OCH3 is 1. The molecule has 4 rings (SSSR count). The van der Waals surface area contributed by atoms with Crippen molar-refractivity contribution in [3.63, 3.8) is 0 Å². The number of nitrogens with zero attached hydrogens (tertiary/aromatic N) is 2. The third-order valence-electron chi connectivity index (χ3n) is 5.34. The zero-order valence-corrected chi connectivity index (χ0v) is 17.7. The molecular formula is C24H24FN3O4. The van der Waals surface area contributed by atoms with Gasteiger partial charge in [-0.05, 0) is 54.8 Å². The molecule has 0 aliphatic heterocycles. The molecule has 0 spiro atoms. The maximum absolute atomic E-state index is 13.0. The van der Waals surface area contributed by atoms with Crippen LogP contribution in [0.25, 0.3) is 11.3 Å². The van der Waals surface area contributed by atoms with Crippen molar-refractivity contribution in [3.8, 4) is 17.1 Å². The lowest BCUT2D eigenvalue weighted by Crippen LogP contribution is -2.37. The van der Waals surface area contributed by atoms with E-state index in [-0.39, 0.29) is 35.8 Å². The standard InChI is InChI=1S/C24H24FN3O4/c1-31-20-10-4-17(5-11-20)22-14-21(27-32-22)24(30)28(19-8-9-19)13-12-23(29)26-15-16-2-6-18(25)7-3-16/h2-7,10-11,14,19H,8-9,12-13,15H2,1H3,(H,26,29). The second-order valence-corrected chi connectivity index (χ2v) is 7.69.